The number of para-hydroxylation sites is 2. The number of carbonyl (C=O) groups is 1. The van der Waals surface area contributed by atoms with Gasteiger partial charge in [0.15, 0.2) is 12.6 Å². The summed E-state index contributed by atoms with van der Waals surface area (Å²) >= 11 is 0. The molecular weight excluding hydrogens is 380 g/mol. The molecule has 0 aliphatic carbocycles. The number of hydrogen-bond acceptors (Lipinski definition) is 4. The molecule has 2 aromatic rings. The average molecular weight is 411 g/mol. The van der Waals surface area contributed by atoms with E-state index in [1.807, 2.05) is 50.4 Å². The van der Waals surface area contributed by atoms with E-state index in [-0.39, 0.29) is 12.5 Å². The van der Waals surface area contributed by atoms with Crippen LogP contribution >= 0.6 is 0 Å². The van der Waals surface area contributed by atoms with Crippen LogP contribution in [0.3, 0.4) is 0 Å². The SMILES string of the molecule is CCOc1ccc(CN(C)C(=NC)NCCCN2C(=O)COc3ccccc32)cc1. The highest BCUT2D eigenvalue weighted by molar-refractivity contribution is 5.97. The van der Waals surface area contributed by atoms with Crippen molar-refractivity contribution in [2.75, 3.05) is 45.3 Å². The van der Waals surface area contributed by atoms with Crippen LogP contribution in [-0.4, -0.2) is 57.2 Å². The molecule has 2 aromatic carbocycles. The summed E-state index contributed by atoms with van der Waals surface area (Å²) in [5.74, 6) is 2.45. The first-order valence-electron chi connectivity index (χ1n) is 10.3. The van der Waals surface area contributed by atoms with Gasteiger partial charge in [0.05, 0.1) is 12.3 Å². The van der Waals surface area contributed by atoms with Crippen molar-refractivity contribution in [2.45, 2.75) is 19.9 Å². The molecule has 1 heterocycles. The van der Waals surface area contributed by atoms with E-state index < -0.39 is 0 Å². The third-order valence-electron chi connectivity index (χ3n) is 4.88. The number of amides is 1. The molecule has 1 aliphatic heterocycles. The van der Waals surface area contributed by atoms with Gasteiger partial charge in [-0.05, 0) is 43.2 Å². The maximum atomic E-state index is 12.3. The second kappa shape index (κ2) is 10.5. The van der Waals surface area contributed by atoms with Crippen LogP contribution in [0.15, 0.2) is 53.5 Å². The van der Waals surface area contributed by atoms with Crippen LogP contribution in [0.1, 0.15) is 18.9 Å². The number of rotatable bonds is 8. The van der Waals surface area contributed by atoms with Crippen LogP contribution in [0.2, 0.25) is 0 Å². The van der Waals surface area contributed by atoms with Gasteiger partial charge >= 0.3 is 0 Å². The van der Waals surface area contributed by atoms with Gasteiger partial charge < -0.3 is 24.6 Å². The topological polar surface area (TPSA) is 66.4 Å². The molecule has 1 amide bonds. The average Bonchev–Trinajstić information content (AvgIpc) is 2.76. The maximum Gasteiger partial charge on any atom is 0.265 e. The number of hydrogen-bond donors (Lipinski definition) is 1. The number of nitrogens with one attached hydrogen (secondary N) is 1. The van der Waals surface area contributed by atoms with E-state index in [0.29, 0.717) is 19.7 Å². The third kappa shape index (κ3) is 5.43. The standard InChI is InChI=1S/C23H30N4O3/c1-4-29-19-12-10-18(11-13-19)16-26(3)23(24-2)25-14-7-15-27-20-8-5-6-9-21(20)30-17-22(27)28/h5-6,8-13H,4,7,14-17H2,1-3H3,(H,24,25). The molecule has 0 saturated carbocycles. The van der Waals surface area contributed by atoms with Gasteiger partial charge in [-0.15, -0.1) is 0 Å². The maximum absolute atomic E-state index is 12.3. The summed E-state index contributed by atoms with van der Waals surface area (Å²) in [5, 5.41) is 3.38. The molecule has 0 spiro atoms. The summed E-state index contributed by atoms with van der Waals surface area (Å²) in [4.78, 5) is 20.5. The molecule has 0 radical (unpaired) electrons. The highest BCUT2D eigenvalue weighted by Gasteiger charge is 2.24. The van der Waals surface area contributed by atoms with Crippen molar-refractivity contribution < 1.29 is 14.3 Å². The van der Waals surface area contributed by atoms with E-state index in [9.17, 15) is 4.79 Å². The minimum atomic E-state index is -0.00861. The van der Waals surface area contributed by atoms with Gasteiger partial charge in [-0.2, -0.15) is 0 Å². The molecule has 0 aromatic heterocycles. The van der Waals surface area contributed by atoms with E-state index in [4.69, 9.17) is 9.47 Å². The van der Waals surface area contributed by atoms with Gasteiger partial charge in [-0.25, -0.2) is 0 Å². The Morgan fingerprint density at radius 3 is 2.73 bits per heavy atom. The predicted octanol–water partition coefficient (Wildman–Crippen LogP) is 2.91. The zero-order chi connectivity index (χ0) is 21.3. The molecule has 1 aliphatic rings. The van der Waals surface area contributed by atoms with Crippen molar-refractivity contribution in [3.8, 4) is 11.5 Å². The molecule has 1 N–H and O–H groups in total. The van der Waals surface area contributed by atoms with E-state index in [0.717, 1.165) is 36.1 Å². The number of fused-ring (bicyclic) bond motifs is 1. The molecular formula is C23H30N4O3. The Labute approximate surface area is 178 Å². The third-order valence-corrected chi connectivity index (χ3v) is 4.88. The van der Waals surface area contributed by atoms with Gasteiger partial charge in [0.2, 0.25) is 0 Å². The lowest BCUT2D eigenvalue weighted by Crippen LogP contribution is -2.42. The minimum absolute atomic E-state index is 0.00861. The van der Waals surface area contributed by atoms with E-state index >= 15 is 0 Å². The number of aliphatic imine (C=N–C) groups is 1. The summed E-state index contributed by atoms with van der Waals surface area (Å²) in [6.07, 6.45) is 0.802. The molecule has 7 nitrogen and oxygen atoms in total. The fourth-order valence-electron chi connectivity index (χ4n) is 3.43. The van der Waals surface area contributed by atoms with E-state index in [2.05, 4.69) is 27.3 Å². The Bertz CT molecular complexity index is 867. The van der Waals surface area contributed by atoms with Crippen LogP contribution in [-0.2, 0) is 11.3 Å². The molecule has 3 rings (SSSR count). The van der Waals surface area contributed by atoms with Crippen LogP contribution in [0.25, 0.3) is 0 Å². The quantitative estimate of drug-likeness (QED) is 0.412. The summed E-state index contributed by atoms with van der Waals surface area (Å²) in [7, 11) is 3.78. The second-order valence-corrected chi connectivity index (χ2v) is 7.06. The number of nitrogens with zero attached hydrogens (tertiary/aromatic N) is 3. The van der Waals surface area contributed by atoms with Crippen LogP contribution in [0.4, 0.5) is 5.69 Å². The molecule has 0 unspecified atom stereocenters. The lowest BCUT2D eigenvalue weighted by Gasteiger charge is -2.29. The molecule has 0 atom stereocenters. The van der Waals surface area contributed by atoms with Crippen LogP contribution in [0, 0.1) is 0 Å². The largest absolute Gasteiger partial charge is 0.494 e. The molecule has 30 heavy (non-hydrogen) atoms. The van der Waals surface area contributed by atoms with E-state index in [1.165, 1.54) is 5.56 Å². The van der Waals surface area contributed by atoms with Gasteiger partial charge in [0.25, 0.3) is 5.91 Å². The number of benzene rings is 2. The highest BCUT2D eigenvalue weighted by atomic mass is 16.5. The van der Waals surface area contributed by atoms with Gasteiger partial charge in [0, 0.05) is 33.7 Å². The summed E-state index contributed by atoms with van der Waals surface area (Å²) in [5.41, 5.74) is 2.02. The zero-order valence-electron chi connectivity index (χ0n) is 17.9. The predicted molar refractivity (Wildman–Crippen MR) is 119 cm³/mol. The summed E-state index contributed by atoms with van der Waals surface area (Å²) < 4.78 is 11.0. The van der Waals surface area contributed by atoms with Gasteiger partial charge in [-0.3, -0.25) is 9.79 Å². The summed E-state index contributed by atoms with van der Waals surface area (Å²) in [6.45, 7) is 4.82. The van der Waals surface area contributed by atoms with Crippen molar-refractivity contribution >= 4 is 17.6 Å². The van der Waals surface area contributed by atoms with Gasteiger partial charge in [0.1, 0.15) is 11.5 Å². The van der Waals surface area contributed by atoms with Crippen LogP contribution < -0.4 is 19.7 Å². The number of ether oxygens (including phenoxy) is 2. The first-order valence-corrected chi connectivity index (χ1v) is 10.3. The molecule has 160 valence electrons. The van der Waals surface area contributed by atoms with Crippen molar-refractivity contribution in [3.63, 3.8) is 0 Å². The lowest BCUT2D eigenvalue weighted by molar-refractivity contribution is -0.121. The number of anilines is 1. The second-order valence-electron chi connectivity index (χ2n) is 7.06. The summed E-state index contributed by atoms with van der Waals surface area (Å²) in [6, 6.07) is 15.8. The Morgan fingerprint density at radius 1 is 1.23 bits per heavy atom. The fraction of sp³-hybridized carbons (Fsp3) is 0.391. The zero-order valence-corrected chi connectivity index (χ0v) is 17.9. The first kappa shape index (κ1) is 21.5. The minimum Gasteiger partial charge on any atom is -0.494 e. The van der Waals surface area contributed by atoms with Gasteiger partial charge in [-0.1, -0.05) is 24.3 Å². The molecule has 7 heteroatoms. The van der Waals surface area contributed by atoms with E-state index in [1.54, 1.807) is 11.9 Å². The molecule has 0 fully saturated rings. The first-order chi connectivity index (χ1) is 14.6. The molecule has 0 saturated heterocycles. The molecule has 0 bridgehead atoms. The number of guanidine groups is 1. The lowest BCUT2D eigenvalue weighted by atomic mass is 10.2. The highest BCUT2D eigenvalue weighted by Crippen LogP contribution is 2.31. The smallest absolute Gasteiger partial charge is 0.265 e. The van der Waals surface area contributed by atoms with Crippen molar-refractivity contribution in [2.24, 2.45) is 4.99 Å². The monoisotopic (exact) mass is 410 g/mol. The number of carbonyl (C=O) groups excluding carboxylic acids is 1. The normalized spacial score (nSPS) is 13.5. The fourth-order valence-corrected chi connectivity index (χ4v) is 3.43. The van der Waals surface area contributed by atoms with Crippen LogP contribution in [0.5, 0.6) is 11.5 Å². The Kier molecular flexibility index (Phi) is 7.54. The Morgan fingerprint density at radius 2 is 2.00 bits per heavy atom. The van der Waals surface area contributed by atoms with Crippen molar-refractivity contribution in [1.82, 2.24) is 10.2 Å². The Hall–Kier alpha value is -3.22. The van der Waals surface area contributed by atoms with Crippen molar-refractivity contribution in [1.29, 1.82) is 0 Å². The Balaban J connectivity index is 1.48. The van der Waals surface area contributed by atoms with Crippen molar-refractivity contribution in [3.05, 3.63) is 54.1 Å².